The van der Waals surface area contributed by atoms with Crippen LogP contribution in [-0.4, -0.2) is 89.9 Å². The second kappa shape index (κ2) is 21.5. The summed E-state index contributed by atoms with van der Waals surface area (Å²) in [5.74, 6) is 2.16. The number of esters is 2. The number of aryl methyl sites for hydroxylation is 2. The third-order valence-corrected chi connectivity index (χ3v) is 10.1. The zero-order chi connectivity index (χ0) is 42.4. The molecular formula is C38H44N6O12S2. The van der Waals surface area contributed by atoms with E-state index in [4.69, 9.17) is 23.7 Å². The first-order valence-corrected chi connectivity index (χ1v) is 19.7. The maximum Gasteiger partial charge on any atom is 0.346 e. The number of hydrogen-bond donors (Lipinski definition) is 4. The largest absolute Gasteiger partial charge is 0.486 e. The minimum atomic E-state index is -0.627. The number of fused-ring (bicyclic) bond motifs is 2. The van der Waals surface area contributed by atoms with Gasteiger partial charge in [-0.25, -0.2) is 19.2 Å². The number of nitrogens with zero attached hydrogens (tertiary/aromatic N) is 2. The summed E-state index contributed by atoms with van der Waals surface area (Å²) in [6.45, 7) is 10.2. The Kier molecular flexibility index (Phi) is 16.6. The predicted molar refractivity (Wildman–Crippen MR) is 213 cm³/mol. The molecule has 58 heavy (non-hydrogen) atoms. The van der Waals surface area contributed by atoms with E-state index in [1.807, 2.05) is 51.1 Å². The number of H-pyrrole nitrogens is 2. The van der Waals surface area contributed by atoms with Gasteiger partial charge in [0.2, 0.25) is 19.1 Å². The number of aromatic nitrogens is 4. The molecule has 2 atom stereocenters. The Morgan fingerprint density at radius 3 is 1.79 bits per heavy atom. The van der Waals surface area contributed by atoms with Gasteiger partial charge in [-0.1, -0.05) is 30.8 Å². The molecular weight excluding hydrogens is 797 g/mol. The van der Waals surface area contributed by atoms with Gasteiger partial charge in [0.1, 0.15) is 34.4 Å². The fourth-order valence-electron chi connectivity index (χ4n) is 5.36. The summed E-state index contributed by atoms with van der Waals surface area (Å²) in [6.07, 6.45) is 0.696. The molecule has 2 aliphatic heterocycles. The minimum Gasteiger partial charge on any atom is -0.486 e. The molecule has 6 rings (SSSR count). The van der Waals surface area contributed by atoms with E-state index in [9.17, 15) is 28.8 Å². The van der Waals surface area contributed by atoms with Crippen LogP contribution in [0.3, 0.4) is 0 Å². The third-order valence-electron chi connectivity index (χ3n) is 8.23. The zero-order valence-corrected chi connectivity index (χ0v) is 34.5. The van der Waals surface area contributed by atoms with E-state index >= 15 is 0 Å². The van der Waals surface area contributed by atoms with E-state index < -0.39 is 23.3 Å². The lowest BCUT2D eigenvalue weighted by Crippen LogP contribution is -2.28. The lowest BCUT2D eigenvalue weighted by Gasteiger charge is -2.20. The molecule has 2 amide bonds. The summed E-state index contributed by atoms with van der Waals surface area (Å²) >= 11 is 2.34. The number of benzene rings is 2. The average Bonchev–Trinajstić information content (AvgIpc) is 3.68. The van der Waals surface area contributed by atoms with Gasteiger partial charge in [-0.2, -0.15) is 9.97 Å². The van der Waals surface area contributed by atoms with Crippen LogP contribution in [0.25, 0.3) is 0 Å². The van der Waals surface area contributed by atoms with Crippen molar-refractivity contribution in [1.82, 2.24) is 30.6 Å². The number of hydrogen-bond acceptors (Lipinski definition) is 16. The topological polar surface area (TPSA) is 239 Å². The zero-order valence-electron chi connectivity index (χ0n) is 32.8. The quantitative estimate of drug-likeness (QED) is 0.0687. The van der Waals surface area contributed by atoms with Crippen molar-refractivity contribution in [2.24, 2.45) is 0 Å². The third kappa shape index (κ3) is 12.0. The van der Waals surface area contributed by atoms with Crippen LogP contribution in [0.5, 0.6) is 23.0 Å². The summed E-state index contributed by atoms with van der Waals surface area (Å²) in [7, 11) is 2.54. The van der Waals surface area contributed by atoms with E-state index in [1.54, 1.807) is 19.9 Å². The summed E-state index contributed by atoms with van der Waals surface area (Å²) < 4.78 is 30.8. The van der Waals surface area contributed by atoms with E-state index in [0.717, 1.165) is 40.1 Å². The second-order valence-corrected chi connectivity index (χ2v) is 14.4. The maximum absolute atomic E-state index is 12.3. The normalized spacial score (nSPS) is 12.9. The lowest BCUT2D eigenvalue weighted by atomic mass is 10.1. The van der Waals surface area contributed by atoms with Crippen molar-refractivity contribution in [2.45, 2.75) is 56.8 Å². The Hall–Kier alpha value is -6.02. The van der Waals surface area contributed by atoms with Crippen LogP contribution in [0, 0.1) is 13.8 Å². The molecule has 20 heteroatoms. The highest BCUT2D eigenvalue weighted by molar-refractivity contribution is 8.00. The van der Waals surface area contributed by atoms with Crippen molar-refractivity contribution >= 4 is 47.8 Å². The van der Waals surface area contributed by atoms with Crippen LogP contribution < -0.4 is 41.0 Å². The highest BCUT2D eigenvalue weighted by atomic mass is 32.2. The molecule has 0 fully saturated rings. The fraction of sp³-hybridized carbons (Fsp3) is 0.368. The van der Waals surface area contributed by atoms with Crippen LogP contribution in [0.1, 0.15) is 76.1 Å². The molecule has 4 heterocycles. The molecule has 0 saturated heterocycles. The van der Waals surface area contributed by atoms with Gasteiger partial charge in [0.25, 0.3) is 0 Å². The van der Waals surface area contributed by atoms with Gasteiger partial charge in [0.15, 0.2) is 23.0 Å². The minimum absolute atomic E-state index is 0.0154. The lowest BCUT2D eigenvalue weighted by molar-refractivity contribution is -0.119. The van der Waals surface area contributed by atoms with Crippen LogP contribution in [0.2, 0.25) is 0 Å². The molecule has 4 N–H and O–H groups in total. The highest BCUT2D eigenvalue weighted by Crippen LogP contribution is 2.35. The van der Waals surface area contributed by atoms with Crippen molar-refractivity contribution < 1.29 is 47.6 Å². The number of ether oxygens (including phenoxy) is 6. The number of nitrogens with one attached hydrogen (secondary N) is 4. The standard InChI is InChI=1S/C18H19N3O6S.C11H13NO3.C9H12N2O3S/c1-9(11-4-5-12-13(6-11)27-8-26-12)19-14(22)7-28-16-15(17(23)25-3)10(2)20-18(24)21-16;1-8(12-7-13)9-2-3-10-11(6-9)15-5-4-14-10;1-4-15-7-6(8(12)14-3)5(2)10-9(13)11-7/h4-6,9H,7-8H2,1-3H3,(H,19,22)(H,20,21,24);2-3,6-8H,4-5H2,1H3,(H,12,13);4H2,1-3H3,(H,10,11,13). The molecule has 0 aliphatic carbocycles. The molecule has 2 aromatic heterocycles. The van der Waals surface area contributed by atoms with Crippen LogP contribution >= 0.6 is 23.5 Å². The van der Waals surface area contributed by atoms with Crippen molar-refractivity contribution in [2.75, 3.05) is 45.7 Å². The van der Waals surface area contributed by atoms with E-state index in [1.165, 1.54) is 26.0 Å². The molecule has 2 aromatic carbocycles. The van der Waals surface area contributed by atoms with E-state index in [0.29, 0.717) is 53.1 Å². The molecule has 0 radical (unpaired) electrons. The van der Waals surface area contributed by atoms with Crippen molar-refractivity contribution in [3.05, 3.63) is 91.0 Å². The number of methoxy groups -OCH3 is 2. The first-order chi connectivity index (χ1) is 27.8. The van der Waals surface area contributed by atoms with E-state index in [2.05, 4.69) is 35.3 Å². The van der Waals surface area contributed by atoms with Gasteiger partial charge >= 0.3 is 23.3 Å². The molecule has 310 valence electrons. The van der Waals surface area contributed by atoms with Crippen molar-refractivity contribution in [1.29, 1.82) is 0 Å². The first-order valence-electron chi connectivity index (χ1n) is 17.7. The van der Waals surface area contributed by atoms with Crippen molar-refractivity contribution in [3.8, 4) is 23.0 Å². The molecule has 4 aromatic rings. The first kappa shape index (κ1) is 44.7. The Morgan fingerprint density at radius 1 is 0.776 bits per heavy atom. The summed E-state index contributed by atoms with van der Waals surface area (Å²) in [5, 5.41) is 6.13. The SMILES string of the molecule is CC(NC=O)c1ccc2c(c1)OCCO2.CCSc1nc(=O)[nH]c(C)c1C(=O)OC.COC(=O)c1c(SCC(=O)NC(C)c2ccc3c(c2)OCO3)nc(=O)[nH]c1C. The van der Waals surface area contributed by atoms with Gasteiger partial charge in [-0.05, 0) is 68.8 Å². The monoisotopic (exact) mass is 840 g/mol. The molecule has 0 saturated carbocycles. The number of aromatic amines is 2. The molecule has 0 spiro atoms. The second-order valence-electron chi connectivity index (χ2n) is 12.2. The van der Waals surface area contributed by atoms with Crippen LogP contribution in [-0.2, 0) is 19.1 Å². The number of rotatable bonds is 12. The highest BCUT2D eigenvalue weighted by Gasteiger charge is 2.22. The Bertz CT molecular complexity index is 2230. The molecule has 2 aliphatic rings. The van der Waals surface area contributed by atoms with Gasteiger partial charge in [0, 0.05) is 11.4 Å². The Balaban J connectivity index is 0.000000210. The summed E-state index contributed by atoms with van der Waals surface area (Å²) in [5.41, 5.74) is 2.13. The fourth-order valence-corrected chi connectivity index (χ4v) is 7.04. The van der Waals surface area contributed by atoms with Gasteiger partial charge in [0.05, 0.1) is 32.1 Å². The summed E-state index contributed by atoms with van der Waals surface area (Å²) in [4.78, 5) is 81.2. The number of amides is 2. The van der Waals surface area contributed by atoms with Crippen molar-refractivity contribution in [3.63, 3.8) is 0 Å². The Morgan fingerprint density at radius 2 is 1.26 bits per heavy atom. The number of carbonyl (C=O) groups is 4. The van der Waals surface area contributed by atoms with E-state index in [-0.39, 0.29) is 41.1 Å². The summed E-state index contributed by atoms with van der Waals surface area (Å²) in [6, 6.07) is 10.9. The molecule has 2 unspecified atom stereocenters. The predicted octanol–water partition coefficient (Wildman–Crippen LogP) is 3.80. The number of thioether (sulfide) groups is 2. The van der Waals surface area contributed by atoms with Gasteiger partial charge in [-0.3, -0.25) is 9.59 Å². The van der Waals surface area contributed by atoms with Gasteiger partial charge < -0.3 is 49.0 Å². The molecule has 18 nitrogen and oxygen atoms in total. The smallest absolute Gasteiger partial charge is 0.346 e. The van der Waals surface area contributed by atoms with Crippen LogP contribution in [0.15, 0.2) is 56.0 Å². The number of carbonyl (C=O) groups excluding carboxylic acids is 4. The molecule has 0 bridgehead atoms. The maximum atomic E-state index is 12.3. The average molecular weight is 841 g/mol. The Labute approximate surface area is 341 Å². The van der Waals surface area contributed by atoms with Gasteiger partial charge in [-0.15, -0.1) is 11.8 Å². The van der Waals surface area contributed by atoms with Crippen LogP contribution in [0.4, 0.5) is 0 Å².